The van der Waals surface area contributed by atoms with E-state index >= 15 is 0 Å². The fourth-order valence-electron chi connectivity index (χ4n) is 2.50. The van der Waals surface area contributed by atoms with Crippen molar-refractivity contribution in [3.63, 3.8) is 0 Å². The summed E-state index contributed by atoms with van der Waals surface area (Å²) in [7, 11) is 0. The number of halogens is 1. The quantitative estimate of drug-likeness (QED) is 0.903. The molecule has 2 heterocycles. The van der Waals surface area contributed by atoms with E-state index in [0.717, 1.165) is 55.5 Å². The lowest BCUT2D eigenvalue weighted by Gasteiger charge is -2.29. The van der Waals surface area contributed by atoms with Crippen molar-refractivity contribution >= 4 is 17.3 Å². The Balaban J connectivity index is 1.84. The zero-order valence-corrected chi connectivity index (χ0v) is 11.1. The van der Waals surface area contributed by atoms with E-state index in [1.165, 1.54) is 0 Å². The van der Waals surface area contributed by atoms with Crippen LogP contribution in [0, 0.1) is 0 Å². The van der Waals surface area contributed by atoms with E-state index in [9.17, 15) is 0 Å². The van der Waals surface area contributed by atoms with Crippen LogP contribution in [0.25, 0.3) is 0 Å². The van der Waals surface area contributed by atoms with Gasteiger partial charge in [-0.1, -0.05) is 11.6 Å². The lowest BCUT2D eigenvalue weighted by Crippen LogP contribution is -2.36. The summed E-state index contributed by atoms with van der Waals surface area (Å²) >= 11 is 6.38. The van der Waals surface area contributed by atoms with Crippen LogP contribution in [-0.2, 0) is 10.2 Å². The van der Waals surface area contributed by atoms with Crippen LogP contribution in [0.2, 0.25) is 5.02 Å². The van der Waals surface area contributed by atoms with E-state index in [-0.39, 0.29) is 5.41 Å². The molecule has 98 valence electrons. The number of hydrogen-bond donors (Lipinski definition) is 1. The van der Waals surface area contributed by atoms with Gasteiger partial charge in [0.05, 0.1) is 35.8 Å². The van der Waals surface area contributed by atoms with Gasteiger partial charge in [0.1, 0.15) is 0 Å². The maximum Gasteiger partial charge on any atom is 0.0665 e. The van der Waals surface area contributed by atoms with Gasteiger partial charge in [0.25, 0.3) is 0 Å². The van der Waals surface area contributed by atoms with E-state index < -0.39 is 0 Å². The third kappa shape index (κ3) is 2.09. The minimum Gasteiger partial charge on any atom is -0.378 e. The summed E-state index contributed by atoms with van der Waals surface area (Å²) in [5, 5.41) is 0.752. The molecule has 1 aromatic rings. The highest BCUT2D eigenvalue weighted by atomic mass is 35.5. The number of pyridine rings is 1. The summed E-state index contributed by atoms with van der Waals surface area (Å²) in [5.41, 5.74) is 7.94. The maximum absolute atomic E-state index is 6.38. The summed E-state index contributed by atoms with van der Waals surface area (Å²) < 4.78 is 5.35. The van der Waals surface area contributed by atoms with Crippen molar-refractivity contribution in [3.05, 3.63) is 23.0 Å². The van der Waals surface area contributed by atoms with Crippen molar-refractivity contribution in [2.45, 2.75) is 18.3 Å². The molecule has 0 bridgehead atoms. The Hall–Kier alpha value is -0.840. The molecule has 1 saturated heterocycles. The Bertz CT molecular complexity index is 442. The van der Waals surface area contributed by atoms with Crippen LogP contribution in [0.15, 0.2) is 12.3 Å². The Kier molecular flexibility index (Phi) is 3.18. The van der Waals surface area contributed by atoms with Crippen LogP contribution in [-0.4, -0.2) is 37.8 Å². The maximum atomic E-state index is 6.38. The van der Waals surface area contributed by atoms with Crippen molar-refractivity contribution in [2.75, 3.05) is 37.7 Å². The SMILES string of the molecule is NCC1(c2ncc(N3CCOCC3)cc2Cl)CC1. The van der Waals surface area contributed by atoms with E-state index in [1.807, 2.05) is 12.3 Å². The molecule has 1 aliphatic carbocycles. The normalized spacial score (nSPS) is 22.0. The van der Waals surface area contributed by atoms with E-state index in [2.05, 4.69) is 9.88 Å². The van der Waals surface area contributed by atoms with E-state index in [1.54, 1.807) is 0 Å². The van der Waals surface area contributed by atoms with Crippen molar-refractivity contribution in [1.29, 1.82) is 0 Å². The number of nitrogens with zero attached hydrogens (tertiary/aromatic N) is 2. The smallest absolute Gasteiger partial charge is 0.0665 e. The minimum atomic E-state index is 0.0562. The van der Waals surface area contributed by atoms with Gasteiger partial charge in [-0.2, -0.15) is 0 Å². The Morgan fingerprint density at radius 1 is 1.39 bits per heavy atom. The molecule has 1 saturated carbocycles. The summed E-state index contributed by atoms with van der Waals surface area (Å²) in [6, 6.07) is 2.02. The predicted molar refractivity (Wildman–Crippen MR) is 72.2 cm³/mol. The van der Waals surface area contributed by atoms with Gasteiger partial charge in [0.15, 0.2) is 0 Å². The fraction of sp³-hybridized carbons (Fsp3) is 0.615. The van der Waals surface area contributed by atoms with Crippen LogP contribution >= 0.6 is 11.6 Å². The van der Waals surface area contributed by atoms with Crippen LogP contribution in [0.3, 0.4) is 0 Å². The topological polar surface area (TPSA) is 51.4 Å². The molecule has 4 nitrogen and oxygen atoms in total. The molecule has 2 fully saturated rings. The summed E-state index contributed by atoms with van der Waals surface area (Å²) in [4.78, 5) is 6.82. The highest BCUT2D eigenvalue weighted by molar-refractivity contribution is 6.31. The summed E-state index contributed by atoms with van der Waals surface area (Å²) in [5.74, 6) is 0. The largest absolute Gasteiger partial charge is 0.378 e. The molecule has 0 spiro atoms. The average Bonchev–Trinajstić information content (AvgIpc) is 3.20. The molecular weight excluding hydrogens is 250 g/mol. The first-order valence-corrected chi connectivity index (χ1v) is 6.82. The number of nitrogens with two attached hydrogens (primary N) is 1. The average molecular weight is 268 g/mol. The van der Waals surface area contributed by atoms with Crippen LogP contribution in [0.1, 0.15) is 18.5 Å². The highest BCUT2D eigenvalue weighted by Crippen LogP contribution is 2.48. The predicted octanol–water partition coefficient (Wildman–Crippen LogP) is 1.56. The fourth-order valence-corrected chi connectivity index (χ4v) is 2.86. The second-order valence-corrected chi connectivity index (χ2v) is 5.52. The number of anilines is 1. The molecule has 18 heavy (non-hydrogen) atoms. The van der Waals surface area contributed by atoms with Crippen LogP contribution < -0.4 is 10.6 Å². The van der Waals surface area contributed by atoms with Gasteiger partial charge >= 0.3 is 0 Å². The lowest BCUT2D eigenvalue weighted by molar-refractivity contribution is 0.122. The van der Waals surface area contributed by atoms with Crippen LogP contribution in [0.4, 0.5) is 5.69 Å². The number of aromatic nitrogens is 1. The second kappa shape index (κ2) is 4.68. The van der Waals surface area contributed by atoms with Gasteiger partial charge in [-0.05, 0) is 18.9 Å². The van der Waals surface area contributed by atoms with Gasteiger partial charge in [0, 0.05) is 25.0 Å². The van der Waals surface area contributed by atoms with Gasteiger partial charge < -0.3 is 15.4 Å². The monoisotopic (exact) mass is 267 g/mol. The molecular formula is C13H18ClN3O. The second-order valence-electron chi connectivity index (χ2n) is 5.11. The minimum absolute atomic E-state index is 0.0562. The number of morpholine rings is 1. The molecule has 0 aromatic carbocycles. The number of ether oxygens (including phenoxy) is 1. The molecule has 3 rings (SSSR count). The lowest BCUT2D eigenvalue weighted by atomic mass is 10.0. The Morgan fingerprint density at radius 3 is 2.67 bits per heavy atom. The van der Waals surface area contributed by atoms with Gasteiger partial charge in [0.2, 0.25) is 0 Å². The van der Waals surface area contributed by atoms with E-state index in [0.29, 0.717) is 6.54 Å². The number of rotatable bonds is 3. The zero-order chi connectivity index (χ0) is 12.6. The van der Waals surface area contributed by atoms with Gasteiger partial charge in [-0.25, -0.2) is 0 Å². The summed E-state index contributed by atoms with van der Waals surface area (Å²) in [6.45, 7) is 3.98. The molecule has 0 atom stereocenters. The van der Waals surface area contributed by atoms with Crippen molar-refractivity contribution in [3.8, 4) is 0 Å². The van der Waals surface area contributed by atoms with Gasteiger partial charge in [-0.3, -0.25) is 4.98 Å². The molecule has 2 aliphatic rings. The molecule has 1 aliphatic heterocycles. The summed E-state index contributed by atoms with van der Waals surface area (Å²) in [6.07, 6.45) is 4.13. The van der Waals surface area contributed by atoms with Crippen molar-refractivity contribution < 1.29 is 4.74 Å². The highest BCUT2D eigenvalue weighted by Gasteiger charge is 2.45. The molecule has 2 N–H and O–H groups in total. The van der Waals surface area contributed by atoms with E-state index in [4.69, 9.17) is 22.1 Å². The third-order valence-electron chi connectivity index (χ3n) is 3.95. The van der Waals surface area contributed by atoms with Crippen molar-refractivity contribution in [1.82, 2.24) is 4.98 Å². The Labute approximate surface area is 112 Å². The van der Waals surface area contributed by atoms with Gasteiger partial charge in [-0.15, -0.1) is 0 Å². The first-order valence-electron chi connectivity index (χ1n) is 6.44. The first kappa shape index (κ1) is 12.2. The molecule has 1 aromatic heterocycles. The third-order valence-corrected chi connectivity index (χ3v) is 4.24. The number of hydrogen-bond acceptors (Lipinski definition) is 4. The molecule has 0 unspecified atom stereocenters. The first-order chi connectivity index (χ1) is 8.75. The molecule has 5 heteroatoms. The molecule has 0 amide bonds. The van der Waals surface area contributed by atoms with Crippen LogP contribution in [0.5, 0.6) is 0 Å². The Morgan fingerprint density at radius 2 is 2.11 bits per heavy atom. The molecule has 0 radical (unpaired) electrons. The standard InChI is InChI=1S/C13H18ClN3O/c14-11-7-10(17-3-5-18-6-4-17)8-16-12(11)13(9-15)1-2-13/h7-8H,1-6,9,15H2. The van der Waals surface area contributed by atoms with Crippen molar-refractivity contribution in [2.24, 2.45) is 5.73 Å². The zero-order valence-electron chi connectivity index (χ0n) is 10.4.